The van der Waals surface area contributed by atoms with E-state index in [0.29, 0.717) is 5.39 Å². The second kappa shape index (κ2) is 10.8. The number of ether oxygens (including phenoxy) is 2. The Hall–Kier alpha value is -3.23. The van der Waals surface area contributed by atoms with Crippen LogP contribution in [-0.4, -0.2) is 104 Å². The number of aliphatic hydroxyl groups is 2. The molecule has 17 nitrogen and oxygen atoms in total. The number of nitrogens with two attached hydrogens (primary N) is 2. The Labute approximate surface area is 238 Å². The van der Waals surface area contributed by atoms with Gasteiger partial charge in [-0.3, -0.25) is 9.78 Å². The highest BCUT2D eigenvalue weighted by atomic mass is 32.5. The summed E-state index contributed by atoms with van der Waals surface area (Å²) in [6, 6.07) is 1.57. The van der Waals surface area contributed by atoms with Crippen molar-refractivity contribution in [1.29, 1.82) is 0 Å². The third kappa shape index (κ3) is 4.73. The highest BCUT2D eigenvalue weighted by Crippen LogP contribution is 2.59. The number of aromatic amines is 1. The second-order valence-electron chi connectivity index (χ2n) is 9.75. The highest BCUT2D eigenvalue weighted by Gasteiger charge is 2.55. The number of halogens is 2. The van der Waals surface area contributed by atoms with Gasteiger partial charge in [-0.2, -0.15) is 9.67 Å². The van der Waals surface area contributed by atoms with Gasteiger partial charge in [0.25, 0.3) is 5.56 Å². The predicted octanol–water partition coefficient (Wildman–Crippen LogP) is -0.975. The molecule has 6 heterocycles. The summed E-state index contributed by atoms with van der Waals surface area (Å²) >= 11 is 5.35. The maximum absolute atomic E-state index is 15.7. The molecule has 21 heteroatoms. The number of fused-ring (bicyclic) bond motifs is 2. The molecule has 1 unspecified atom stereocenters. The number of aliphatic hydroxyl groups excluding tert-OH is 2. The van der Waals surface area contributed by atoms with Gasteiger partial charge in [-0.15, -0.1) is 5.10 Å². The topological polar surface area (TPSA) is 248 Å². The van der Waals surface area contributed by atoms with Crippen LogP contribution in [0.15, 0.2) is 23.4 Å². The average Bonchev–Trinajstić information content (AvgIpc) is 3.69. The Morgan fingerprint density at radius 1 is 1.17 bits per heavy atom. The Kier molecular flexibility index (Phi) is 7.42. The predicted molar refractivity (Wildman–Crippen MR) is 144 cm³/mol. The summed E-state index contributed by atoms with van der Waals surface area (Å²) in [5.74, 6) is -0.105. The minimum absolute atomic E-state index is 0.166. The fraction of sp³-hybridized carbons (Fsp3) is 0.524. The molecule has 9 atom stereocenters. The highest BCUT2D eigenvalue weighted by molar-refractivity contribution is 8.09. The maximum Gasteiger partial charge on any atom is 0.282 e. The van der Waals surface area contributed by atoms with E-state index in [1.807, 2.05) is 0 Å². The first-order valence-corrected chi connectivity index (χ1v) is 15.3. The number of hydrogen-bond donors (Lipinski definition) is 6. The number of H-pyrrole nitrogens is 1. The van der Waals surface area contributed by atoms with Gasteiger partial charge in [0, 0.05) is 12.8 Å². The van der Waals surface area contributed by atoms with Crippen molar-refractivity contribution >= 4 is 52.3 Å². The molecule has 0 aliphatic carbocycles. The van der Waals surface area contributed by atoms with Gasteiger partial charge in [-0.1, -0.05) is 5.21 Å². The molecule has 4 aromatic heterocycles. The summed E-state index contributed by atoms with van der Waals surface area (Å²) in [6.07, 6.45) is -8.49. The van der Waals surface area contributed by atoms with Gasteiger partial charge in [0.15, 0.2) is 36.3 Å². The molecule has 2 aliphatic heterocycles. The van der Waals surface area contributed by atoms with Gasteiger partial charge < -0.3 is 45.1 Å². The Balaban J connectivity index is 1.25. The molecule has 8 N–H and O–H groups in total. The molecule has 0 amide bonds. The molecule has 0 radical (unpaired) electrons. The summed E-state index contributed by atoms with van der Waals surface area (Å²) < 4.78 is 50.4. The average molecular weight is 631 g/mol. The van der Waals surface area contributed by atoms with Gasteiger partial charge in [-0.25, -0.2) is 18.7 Å². The SMILES string of the molecule is Nc1nc2c(nnn2[C@@H]2O[C@H](CCO)[C@H](F)[C@H]2P(O)(=S)OC[C@H]2O[C@@H](n3ccc4c(N)ncnc43)[C@@H](F)[C@@H]2O)c(=O)[nH]1. The lowest BCUT2D eigenvalue weighted by Gasteiger charge is -2.28. The molecule has 2 aliphatic rings. The van der Waals surface area contributed by atoms with E-state index in [0.717, 1.165) is 4.68 Å². The number of aromatic nitrogens is 8. The van der Waals surface area contributed by atoms with Crippen LogP contribution in [0.2, 0.25) is 0 Å². The third-order valence-corrected chi connectivity index (χ3v) is 10.1. The standard InChI is InChI=1S/C21H25F2N10O7PS/c22-10-8(2-4-34)39-20(33-17-12(30-31-33)18(36)29-21(25)28-17)14(10)41(37,42)38-5-9-13(35)11(23)19(40-9)32-3-1-7-15(24)26-6-27-16(7)32/h1,3,6,8-11,13-14,19-20,34-35H,2,4-5H2,(H,37,42)(H2,24,26,27)(H3,25,28,29,36)/t8-,9-,10+,11+,13-,14-,19-,20-,41?/m1/s1. The number of hydrogen-bond acceptors (Lipinski definition) is 14. The first-order valence-electron chi connectivity index (χ1n) is 12.5. The van der Waals surface area contributed by atoms with Crippen molar-refractivity contribution in [1.82, 2.24) is 39.5 Å². The monoisotopic (exact) mass is 630 g/mol. The van der Waals surface area contributed by atoms with Crippen molar-refractivity contribution in [2.75, 3.05) is 24.7 Å². The van der Waals surface area contributed by atoms with Gasteiger partial charge in [0.2, 0.25) is 5.95 Å². The van der Waals surface area contributed by atoms with Crippen molar-refractivity contribution in [3.8, 4) is 0 Å². The smallest absolute Gasteiger partial charge is 0.282 e. The van der Waals surface area contributed by atoms with Crippen molar-refractivity contribution in [2.45, 2.75) is 55.2 Å². The maximum atomic E-state index is 15.7. The molecule has 0 saturated carbocycles. The van der Waals surface area contributed by atoms with Crippen LogP contribution >= 0.6 is 6.49 Å². The Morgan fingerprint density at radius 3 is 2.69 bits per heavy atom. The molecule has 2 saturated heterocycles. The normalized spacial score (nSPS) is 31.3. The van der Waals surface area contributed by atoms with Crippen LogP contribution in [0.4, 0.5) is 20.5 Å². The lowest BCUT2D eigenvalue weighted by atomic mass is 10.1. The van der Waals surface area contributed by atoms with E-state index in [9.17, 15) is 19.9 Å². The van der Waals surface area contributed by atoms with Crippen LogP contribution in [-0.2, 0) is 25.8 Å². The van der Waals surface area contributed by atoms with Gasteiger partial charge in [0.05, 0.1) is 18.1 Å². The van der Waals surface area contributed by atoms with Crippen molar-refractivity contribution in [3.05, 3.63) is 28.9 Å². The molecule has 0 bridgehead atoms. The van der Waals surface area contributed by atoms with Crippen LogP contribution in [0.5, 0.6) is 0 Å². The first kappa shape index (κ1) is 28.9. The van der Waals surface area contributed by atoms with Crippen molar-refractivity contribution in [3.63, 3.8) is 0 Å². The molecule has 4 aromatic rings. The Morgan fingerprint density at radius 2 is 1.93 bits per heavy atom. The lowest BCUT2D eigenvalue weighted by molar-refractivity contribution is -0.0421. The van der Waals surface area contributed by atoms with Crippen LogP contribution in [0, 0.1) is 0 Å². The zero-order valence-corrected chi connectivity index (χ0v) is 23.1. The fourth-order valence-corrected chi connectivity index (χ4v) is 7.61. The summed E-state index contributed by atoms with van der Waals surface area (Å²) in [5.41, 5.74) is 9.05. The molecule has 0 spiro atoms. The van der Waals surface area contributed by atoms with Crippen molar-refractivity contribution in [2.24, 2.45) is 0 Å². The largest absolute Gasteiger partial charge is 0.396 e. The zero-order chi connectivity index (χ0) is 29.9. The van der Waals surface area contributed by atoms with Crippen LogP contribution in [0.25, 0.3) is 22.2 Å². The van der Waals surface area contributed by atoms with Gasteiger partial charge in [0.1, 0.15) is 41.8 Å². The molecule has 2 fully saturated rings. The van der Waals surface area contributed by atoms with Gasteiger partial charge >= 0.3 is 0 Å². The quantitative estimate of drug-likeness (QED) is 0.128. The minimum atomic E-state index is -4.22. The summed E-state index contributed by atoms with van der Waals surface area (Å²) in [5, 5.41) is 28.1. The molecule has 226 valence electrons. The number of nitrogens with zero attached hydrogens (tertiary/aromatic N) is 7. The van der Waals surface area contributed by atoms with Gasteiger partial charge in [-0.05, 0) is 24.3 Å². The lowest BCUT2D eigenvalue weighted by Crippen LogP contribution is -2.34. The summed E-state index contributed by atoms with van der Waals surface area (Å²) in [4.78, 5) is 37.8. The van der Waals surface area contributed by atoms with Crippen LogP contribution < -0.4 is 17.0 Å². The van der Waals surface area contributed by atoms with E-state index in [4.69, 9.17) is 37.3 Å². The fourth-order valence-electron chi connectivity index (χ4n) is 5.17. The third-order valence-electron chi connectivity index (χ3n) is 7.20. The Bertz CT molecular complexity index is 1740. The molecule has 42 heavy (non-hydrogen) atoms. The summed E-state index contributed by atoms with van der Waals surface area (Å²) in [7, 11) is 0. The first-order chi connectivity index (χ1) is 20.0. The van der Waals surface area contributed by atoms with E-state index in [-0.39, 0.29) is 35.0 Å². The summed E-state index contributed by atoms with van der Waals surface area (Å²) in [6.45, 7) is -5.29. The number of nitrogens with one attached hydrogen (secondary N) is 1. The van der Waals surface area contributed by atoms with E-state index in [2.05, 4.69) is 30.2 Å². The van der Waals surface area contributed by atoms with Crippen LogP contribution in [0.3, 0.4) is 0 Å². The van der Waals surface area contributed by atoms with E-state index >= 15 is 8.78 Å². The number of rotatable bonds is 8. The van der Waals surface area contributed by atoms with E-state index in [1.54, 1.807) is 6.07 Å². The number of nitrogen functional groups attached to an aromatic ring is 2. The number of anilines is 2. The van der Waals surface area contributed by atoms with E-state index in [1.165, 1.54) is 17.1 Å². The zero-order valence-electron chi connectivity index (χ0n) is 21.3. The van der Waals surface area contributed by atoms with Crippen molar-refractivity contribution < 1.29 is 37.9 Å². The molecular formula is C21H25F2N10O7PS. The van der Waals surface area contributed by atoms with Crippen LogP contribution in [0.1, 0.15) is 18.9 Å². The second-order valence-corrected chi connectivity index (χ2v) is 13.3. The van der Waals surface area contributed by atoms with E-state index < -0.39 is 74.0 Å². The molecular weight excluding hydrogens is 605 g/mol. The number of alkyl halides is 2. The molecule has 0 aromatic carbocycles. The molecule has 6 rings (SSSR count). The minimum Gasteiger partial charge on any atom is -0.396 e.